The Morgan fingerprint density at radius 3 is 3.25 bits per heavy atom. The van der Waals surface area contributed by atoms with Crippen molar-refractivity contribution in [3.05, 3.63) is 11.6 Å². The average molecular weight is 169 g/mol. The number of hydrogen-bond acceptors (Lipinski definition) is 4. The third-order valence-electron chi connectivity index (χ3n) is 1.55. The summed E-state index contributed by atoms with van der Waals surface area (Å²) in [6, 6.07) is 0. The quantitative estimate of drug-likeness (QED) is 0.434. The number of aliphatic imine (C=N–C) groups is 1. The third kappa shape index (κ3) is 1.90. The molecule has 0 aromatic rings. The maximum absolute atomic E-state index is 10.1. The van der Waals surface area contributed by atoms with Crippen LogP contribution in [0.2, 0.25) is 0 Å². The van der Waals surface area contributed by atoms with Gasteiger partial charge in [0.1, 0.15) is 5.84 Å². The molecule has 1 heterocycles. The number of rotatable bonds is 2. The van der Waals surface area contributed by atoms with Gasteiger partial charge in [-0.25, -0.2) is 0 Å². The van der Waals surface area contributed by atoms with E-state index in [1.807, 2.05) is 0 Å². The molecule has 12 heavy (non-hydrogen) atoms. The maximum Gasteiger partial charge on any atom is 0.212 e. The molecule has 4 N–H and O–H groups in total. The summed E-state index contributed by atoms with van der Waals surface area (Å²) in [6.45, 7) is 0.538. The van der Waals surface area contributed by atoms with Gasteiger partial charge >= 0.3 is 0 Å². The smallest absolute Gasteiger partial charge is 0.212 e. The van der Waals surface area contributed by atoms with E-state index in [0.717, 1.165) is 0 Å². The minimum Gasteiger partial charge on any atom is -0.387 e. The van der Waals surface area contributed by atoms with Crippen molar-refractivity contribution in [1.29, 1.82) is 0 Å². The SMILES string of the molecule is NCC1=CC(O)CN=C1NC=O. The number of dihydropyridines is 1. The van der Waals surface area contributed by atoms with Gasteiger partial charge in [-0.2, -0.15) is 0 Å². The summed E-state index contributed by atoms with van der Waals surface area (Å²) in [5.41, 5.74) is 6.04. The molecule has 1 amide bonds. The number of amides is 1. The van der Waals surface area contributed by atoms with Crippen LogP contribution in [0.3, 0.4) is 0 Å². The lowest BCUT2D eigenvalue weighted by Crippen LogP contribution is -2.32. The summed E-state index contributed by atoms with van der Waals surface area (Å²) < 4.78 is 0. The average Bonchev–Trinajstić information content (AvgIpc) is 2.08. The normalized spacial score (nSPS) is 22.7. The Balaban J connectivity index is 2.73. The van der Waals surface area contributed by atoms with Crippen LogP contribution in [-0.2, 0) is 4.79 Å². The lowest BCUT2D eigenvalue weighted by Gasteiger charge is -2.15. The number of carbonyl (C=O) groups is 1. The second kappa shape index (κ2) is 3.99. The first-order valence-corrected chi connectivity index (χ1v) is 3.61. The van der Waals surface area contributed by atoms with Gasteiger partial charge in [-0.05, 0) is 6.08 Å². The number of hydrogen-bond donors (Lipinski definition) is 3. The summed E-state index contributed by atoms with van der Waals surface area (Å²) in [5, 5.41) is 11.6. The van der Waals surface area contributed by atoms with E-state index in [1.165, 1.54) is 0 Å². The molecule has 5 nitrogen and oxygen atoms in total. The van der Waals surface area contributed by atoms with Crippen molar-refractivity contribution >= 4 is 12.2 Å². The molecule has 1 aliphatic rings. The van der Waals surface area contributed by atoms with E-state index in [4.69, 9.17) is 10.8 Å². The monoisotopic (exact) mass is 169 g/mol. The van der Waals surface area contributed by atoms with Crippen molar-refractivity contribution in [3.63, 3.8) is 0 Å². The van der Waals surface area contributed by atoms with Crippen molar-refractivity contribution in [1.82, 2.24) is 5.32 Å². The highest BCUT2D eigenvalue weighted by atomic mass is 16.3. The van der Waals surface area contributed by atoms with Crippen LogP contribution in [0.5, 0.6) is 0 Å². The number of nitrogens with zero attached hydrogens (tertiary/aromatic N) is 1. The molecule has 0 aromatic heterocycles. The molecule has 1 unspecified atom stereocenters. The van der Waals surface area contributed by atoms with Gasteiger partial charge in [-0.15, -0.1) is 0 Å². The fourth-order valence-corrected chi connectivity index (χ4v) is 1.01. The molecule has 1 rings (SSSR count). The van der Waals surface area contributed by atoms with Crippen molar-refractivity contribution < 1.29 is 9.90 Å². The molecule has 1 atom stereocenters. The molecule has 0 bridgehead atoms. The maximum atomic E-state index is 10.1. The van der Waals surface area contributed by atoms with Crippen LogP contribution in [-0.4, -0.2) is 36.5 Å². The van der Waals surface area contributed by atoms with Crippen LogP contribution in [0, 0.1) is 0 Å². The van der Waals surface area contributed by atoms with Crippen LogP contribution >= 0.6 is 0 Å². The van der Waals surface area contributed by atoms with Gasteiger partial charge in [0, 0.05) is 12.1 Å². The first-order chi connectivity index (χ1) is 5.77. The Bertz CT molecular complexity index is 235. The van der Waals surface area contributed by atoms with Crippen molar-refractivity contribution in [2.24, 2.45) is 10.7 Å². The van der Waals surface area contributed by atoms with Gasteiger partial charge in [0.15, 0.2) is 0 Å². The molecule has 0 aliphatic carbocycles. The van der Waals surface area contributed by atoms with Crippen LogP contribution in [0.4, 0.5) is 0 Å². The Labute approximate surface area is 70.0 Å². The predicted octanol–water partition coefficient (Wildman–Crippen LogP) is -1.61. The molecule has 66 valence electrons. The van der Waals surface area contributed by atoms with Gasteiger partial charge < -0.3 is 16.2 Å². The Morgan fingerprint density at radius 2 is 2.67 bits per heavy atom. The summed E-state index contributed by atoms with van der Waals surface area (Å²) >= 11 is 0. The second-order valence-corrected chi connectivity index (χ2v) is 2.41. The van der Waals surface area contributed by atoms with E-state index in [9.17, 15) is 4.79 Å². The van der Waals surface area contributed by atoms with Gasteiger partial charge in [-0.3, -0.25) is 9.79 Å². The lowest BCUT2D eigenvalue weighted by molar-refractivity contribution is -0.108. The summed E-state index contributed by atoms with van der Waals surface area (Å²) in [6.07, 6.45) is 1.56. The first-order valence-electron chi connectivity index (χ1n) is 3.61. The van der Waals surface area contributed by atoms with Gasteiger partial charge in [0.05, 0.1) is 12.6 Å². The molecule has 0 aromatic carbocycles. The summed E-state index contributed by atoms with van der Waals surface area (Å²) in [7, 11) is 0. The second-order valence-electron chi connectivity index (χ2n) is 2.41. The Hall–Kier alpha value is -1.20. The van der Waals surface area contributed by atoms with Gasteiger partial charge in [-0.1, -0.05) is 0 Å². The zero-order chi connectivity index (χ0) is 8.97. The van der Waals surface area contributed by atoms with E-state index in [-0.39, 0.29) is 13.1 Å². The molecule has 1 aliphatic heterocycles. The zero-order valence-corrected chi connectivity index (χ0v) is 6.53. The molecule has 5 heteroatoms. The van der Waals surface area contributed by atoms with Gasteiger partial charge in [0.25, 0.3) is 0 Å². The first kappa shape index (κ1) is 8.89. The summed E-state index contributed by atoms with van der Waals surface area (Å²) in [5.74, 6) is 0.456. The molecular weight excluding hydrogens is 158 g/mol. The number of nitrogens with one attached hydrogen (secondary N) is 1. The molecule has 0 radical (unpaired) electrons. The number of carbonyl (C=O) groups excluding carboxylic acids is 1. The number of nitrogens with two attached hydrogens (primary N) is 1. The number of amidine groups is 1. The van der Waals surface area contributed by atoms with Crippen LogP contribution < -0.4 is 11.1 Å². The van der Waals surface area contributed by atoms with Crippen molar-refractivity contribution in [2.75, 3.05) is 13.1 Å². The highest BCUT2D eigenvalue weighted by molar-refractivity contribution is 6.04. The highest BCUT2D eigenvalue weighted by Gasteiger charge is 2.13. The summed E-state index contributed by atoms with van der Waals surface area (Å²) in [4.78, 5) is 14.0. The van der Waals surface area contributed by atoms with E-state index < -0.39 is 6.10 Å². The van der Waals surface area contributed by atoms with Crippen LogP contribution in [0.1, 0.15) is 0 Å². The highest BCUT2D eigenvalue weighted by Crippen LogP contribution is 2.04. The Kier molecular flexibility index (Phi) is 2.95. The van der Waals surface area contributed by atoms with Gasteiger partial charge in [0.2, 0.25) is 6.41 Å². The van der Waals surface area contributed by atoms with Crippen LogP contribution in [0.25, 0.3) is 0 Å². The van der Waals surface area contributed by atoms with E-state index in [0.29, 0.717) is 17.8 Å². The lowest BCUT2D eigenvalue weighted by atomic mass is 10.1. The molecular formula is C7H11N3O2. The standard InChI is InChI=1S/C7H11N3O2/c8-2-5-1-6(12)3-9-7(5)10-4-11/h1,4,6,12H,2-3,8H2,(H,9,10,11). The molecule has 0 spiro atoms. The predicted molar refractivity (Wildman–Crippen MR) is 44.6 cm³/mol. The topological polar surface area (TPSA) is 87.7 Å². The number of aliphatic hydroxyl groups is 1. The molecule has 0 saturated carbocycles. The van der Waals surface area contributed by atoms with Crippen molar-refractivity contribution in [2.45, 2.75) is 6.10 Å². The minimum absolute atomic E-state index is 0.261. The fourth-order valence-electron chi connectivity index (χ4n) is 1.01. The van der Waals surface area contributed by atoms with E-state index in [2.05, 4.69) is 10.3 Å². The molecule has 0 fully saturated rings. The van der Waals surface area contributed by atoms with Crippen molar-refractivity contribution in [3.8, 4) is 0 Å². The number of aliphatic hydroxyl groups excluding tert-OH is 1. The van der Waals surface area contributed by atoms with E-state index in [1.54, 1.807) is 6.08 Å². The minimum atomic E-state index is -0.583. The fraction of sp³-hybridized carbons (Fsp3) is 0.429. The third-order valence-corrected chi connectivity index (χ3v) is 1.55. The van der Waals surface area contributed by atoms with Crippen LogP contribution in [0.15, 0.2) is 16.6 Å². The largest absolute Gasteiger partial charge is 0.387 e. The molecule has 0 saturated heterocycles. The van der Waals surface area contributed by atoms with E-state index >= 15 is 0 Å². The Morgan fingerprint density at radius 1 is 1.92 bits per heavy atom. The zero-order valence-electron chi connectivity index (χ0n) is 6.53.